The summed E-state index contributed by atoms with van der Waals surface area (Å²) in [6, 6.07) is 10.7. The number of Topliss-reactive ketones (excluding diaryl/α,β-unsaturated/α-hetero) is 1. The molecule has 0 bridgehead atoms. The summed E-state index contributed by atoms with van der Waals surface area (Å²) in [5, 5.41) is 0. The van der Waals surface area contributed by atoms with E-state index in [1.54, 1.807) is 0 Å². The van der Waals surface area contributed by atoms with Crippen LogP contribution in [-0.2, 0) is 4.79 Å². The van der Waals surface area contributed by atoms with Gasteiger partial charge in [-0.05, 0) is 43.2 Å². The Bertz CT molecular complexity index is 483. The van der Waals surface area contributed by atoms with Gasteiger partial charge in [0.25, 0.3) is 0 Å². The number of ketones is 1. The van der Waals surface area contributed by atoms with E-state index in [0.717, 1.165) is 32.4 Å². The summed E-state index contributed by atoms with van der Waals surface area (Å²) in [6.45, 7) is 6.54. The van der Waals surface area contributed by atoms with E-state index in [1.165, 1.54) is 18.5 Å². The lowest BCUT2D eigenvalue weighted by Crippen LogP contribution is -2.46. The minimum Gasteiger partial charge on any atom is -0.371 e. The van der Waals surface area contributed by atoms with E-state index in [2.05, 4.69) is 49.1 Å². The second-order valence-electron chi connectivity index (χ2n) is 7.31. The zero-order valence-corrected chi connectivity index (χ0v) is 12.7. The molecule has 0 aromatic heterocycles. The summed E-state index contributed by atoms with van der Waals surface area (Å²) >= 11 is 0. The van der Waals surface area contributed by atoms with Crippen LogP contribution in [-0.4, -0.2) is 18.9 Å². The largest absolute Gasteiger partial charge is 0.371 e. The van der Waals surface area contributed by atoms with Gasteiger partial charge in [0, 0.05) is 30.6 Å². The van der Waals surface area contributed by atoms with Crippen molar-refractivity contribution in [1.82, 2.24) is 0 Å². The molecule has 1 saturated carbocycles. The van der Waals surface area contributed by atoms with Gasteiger partial charge in [0.15, 0.2) is 0 Å². The fraction of sp³-hybridized carbons (Fsp3) is 0.611. The first-order valence-electron chi connectivity index (χ1n) is 7.84. The van der Waals surface area contributed by atoms with Crippen molar-refractivity contribution in [3.63, 3.8) is 0 Å². The molecule has 1 saturated heterocycles. The molecule has 1 heterocycles. The molecule has 2 fully saturated rings. The van der Waals surface area contributed by atoms with E-state index in [-0.39, 0.29) is 5.41 Å². The van der Waals surface area contributed by atoms with Gasteiger partial charge in [-0.3, -0.25) is 4.79 Å². The second kappa shape index (κ2) is 4.91. The van der Waals surface area contributed by atoms with E-state index >= 15 is 0 Å². The van der Waals surface area contributed by atoms with Gasteiger partial charge in [-0.15, -0.1) is 0 Å². The summed E-state index contributed by atoms with van der Waals surface area (Å²) < 4.78 is 0. The predicted octanol–water partition coefficient (Wildman–Crippen LogP) is 4.05. The highest BCUT2D eigenvalue weighted by molar-refractivity contribution is 5.85. The highest BCUT2D eigenvalue weighted by atomic mass is 16.1. The van der Waals surface area contributed by atoms with Gasteiger partial charge >= 0.3 is 0 Å². The normalized spacial score (nSPS) is 24.9. The van der Waals surface area contributed by atoms with Crippen LogP contribution in [0.2, 0.25) is 0 Å². The van der Waals surface area contributed by atoms with Gasteiger partial charge < -0.3 is 4.90 Å². The molecular weight excluding hydrogens is 246 g/mol. The van der Waals surface area contributed by atoms with Gasteiger partial charge in [-0.25, -0.2) is 0 Å². The Morgan fingerprint density at radius 3 is 2.25 bits per heavy atom. The molecule has 0 unspecified atom stereocenters. The number of hydrogen-bond acceptors (Lipinski definition) is 2. The van der Waals surface area contributed by atoms with E-state index in [0.29, 0.717) is 11.2 Å². The van der Waals surface area contributed by atoms with Crippen LogP contribution in [0.3, 0.4) is 0 Å². The molecule has 0 amide bonds. The van der Waals surface area contributed by atoms with Gasteiger partial charge in [-0.2, -0.15) is 0 Å². The van der Waals surface area contributed by atoms with E-state index < -0.39 is 0 Å². The third kappa shape index (κ3) is 2.48. The van der Waals surface area contributed by atoms with Gasteiger partial charge in [0.1, 0.15) is 5.78 Å². The van der Waals surface area contributed by atoms with Crippen molar-refractivity contribution in [2.45, 2.75) is 46.0 Å². The van der Waals surface area contributed by atoms with Crippen molar-refractivity contribution in [3.05, 3.63) is 30.3 Å². The average Bonchev–Trinajstić information content (AvgIpc) is 2.45. The molecule has 1 aromatic carbocycles. The van der Waals surface area contributed by atoms with Crippen molar-refractivity contribution in [3.8, 4) is 0 Å². The molecule has 2 heteroatoms. The average molecular weight is 271 g/mol. The molecular formula is C18H25NO. The first-order valence-corrected chi connectivity index (χ1v) is 7.84. The number of para-hydroxylation sites is 1. The molecule has 3 rings (SSSR count). The molecule has 2 nitrogen and oxygen atoms in total. The smallest absolute Gasteiger partial charge is 0.138 e. The number of rotatable bonds is 1. The van der Waals surface area contributed by atoms with Crippen molar-refractivity contribution in [2.24, 2.45) is 10.8 Å². The van der Waals surface area contributed by atoms with Gasteiger partial charge in [0.2, 0.25) is 0 Å². The third-order valence-corrected chi connectivity index (χ3v) is 5.40. The molecule has 2 aliphatic rings. The second-order valence-corrected chi connectivity index (χ2v) is 7.31. The molecule has 1 aliphatic carbocycles. The summed E-state index contributed by atoms with van der Waals surface area (Å²) in [7, 11) is 0. The number of carbonyl (C=O) groups is 1. The van der Waals surface area contributed by atoms with Crippen LogP contribution in [0.5, 0.6) is 0 Å². The Kier molecular flexibility index (Phi) is 3.35. The number of hydrogen-bond donors (Lipinski definition) is 0. The van der Waals surface area contributed by atoms with Crippen LogP contribution in [0.1, 0.15) is 46.0 Å². The molecule has 0 radical (unpaired) electrons. The molecule has 1 aliphatic heterocycles. The lowest BCUT2D eigenvalue weighted by molar-refractivity contribution is -0.134. The van der Waals surface area contributed by atoms with E-state index in [9.17, 15) is 4.79 Å². The summed E-state index contributed by atoms with van der Waals surface area (Å²) in [6.07, 6.45) is 5.45. The van der Waals surface area contributed by atoms with Crippen LogP contribution in [0, 0.1) is 10.8 Å². The van der Waals surface area contributed by atoms with Crippen molar-refractivity contribution in [2.75, 3.05) is 18.0 Å². The Labute approximate surface area is 122 Å². The Morgan fingerprint density at radius 1 is 1.00 bits per heavy atom. The third-order valence-electron chi connectivity index (χ3n) is 5.40. The zero-order chi connectivity index (χ0) is 14.2. The number of anilines is 1. The van der Waals surface area contributed by atoms with Gasteiger partial charge in [0.05, 0.1) is 0 Å². The molecule has 0 N–H and O–H groups in total. The first kappa shape index (κ1) is 13.7. The lowest BCUT2D eigenvalue weighted by Gasteiger charge is -2.49. The van der Waals surface area contributed by atoms with Crippen LogP contribution in [0.15, 0.2) is 30.3 Å². The first-order chi connectivity index (χ1) is 9.51. The predicted molar refractivity (Wildman–Crippen MR) is 83.0 cm³/mol. The summed E-state index contributed by atoms with van der Waals surface area (Å²) in [5.74, 6) is 0.466. The van der Waals surface area contributed by atoms with Crippen LogP contribution >= 0.6 is 0 Å². The quantitative estimate of drug-likeness (QED) is 0.768. The van der Waals surface area contributed by atoms with Crippen LogP contribution < -0.4 is 4.90 Å². The summed E-state index contributed by atoms with van der Waals surface area (Å²) in [5.41, 5.74) is 1.66. The number of carbonyl (C=O) groups excluding carboxylic acids is 1. The van der Waals surface area contributed by atoms with Crippen molar-refractivity contribution in [1.29, 1.82) is 0 Å². The van der Waals surface area contributed by atoms with Crippen molar-refractivity contribution < 1.29 is 4.79 Å². The molecule has 1 spiro atoms. The minimum absolute atomic E-state index is 0.104. The topological polar surface area (TPSA) is 20.3 Å². The van der Waals surface area contributed by atoms with Gasteiger partial charge in [-0.1, -0.05) is 32.0 Å². The number of piperidine rings is 1. The molecule has 0 atom stereocenters. The highest BCUT2D eigenvalue weighted by Gasteiger charge is 2.45. The lowest BCUT2D eigenvalue weighted by atomic mass is 9.59. The Morgan fingerprint density at radius 2 is 1.65 bits per heavy atom. The van der Waals surface area contributed by atoms with Crippen LogP contribution in [0.4, 0.5) is 5.69 Å². The maximum Gasteiger partial charge on any atom is 0.138 e. The standard InChI is InChI=1S/C18H25NO/c1-17(2)14-18(9-8-16(17)20)10-12-19(13-11-18)15-6-4-3-5-7-15/h3-7H,8-14H2,1-2H3. The van der Waals surface area contributed by atoms with E-state index in [1.807, 2.05) is 0 Å². The SMILES string of the molecule is CC1(C)CC2(CCC1=O)CCN(c1ccccc1)CC2. The molecule has 20 heavy (non-hydrogen) atoms. The fourth-order valence-electron chi connectivity index (χ4n) is 4.15. The maximum atomic E-state index is 12.0. The number of benzene rings is 1. The molecule has 1 aromatic rings. The Balaban J connectivity index is 1.68. The van der Waals surface area contributed by atoms with E-state index in [4.69, 9.17) is 0 Å². The molecule has 108 valence electrons. The van der Waals surface area contributed by atoms with Crippen molar-refractivity contribution >= 4 is 11.5 Å². The fourth-order valence-corrected chi connectivity index (χ4v) is 4.15. The minimum atomic E-state index is -0.104. The number of nitrogens with zero attached hydrogens (tertiary/aromatic N) is 1. The van der Waals surface area contributed by atoms with Crippen LogP contribution in [0.25, 0.3) is 0 Å². The monoisotopic (exact) mass is 271 g/mol. The zero-order valence-electron chi connectivity index (χ0n) is 12.7. The Hall–Kier alpha value is -1.31. The highest BCUT2D eigenvalue weighted by Crippen LogP contribution is 2.50. The summed E-state index contributed by atoms with van der Waals surface area (Å²) in [4.78, 5) is 14.5. The maximum absolute atomic E-state index is 12.0.